The molecule has 2 atom stereocenters. The second-order valence-electron chi connectivity index (χ2n) is 6.11. The molecule has 1 aliphatic heterocycles. The number of benzene rings is 1. The van der Waals surface area contributed by atoms with Gasteiger partial charge in [-0.15, -0.1) is 0 Å². The Balaban J connectivity index is 2.20. The molecule has 1 saturated heterocycles. The van der Waals surface area contributed by atoms with Crippen molar-refractivity contribution >= 4 is 5.69 Å². The van der Waals surface area contributed by atoms with E-state index in [1.165, 1.54) is 12.1 Å². The number of rotatable bonds is 4. The van der Waals surface area contributed by atoms with Crippen LogP contribution in [-0.2, 0) is 11.3 Å². The largest absolute Gasteiger partial charge is 0.372 e. The van der Waals surface area contributed by atoms with Crippen molar-refractivity contribution in [3.05, 3.63) is 29.3 Å². The van der Waals surface area contributed by atoms with Crippen LogP contribution in [0.2, 0.25) is 0 Å². The van der Waals surface area contributed by atoms with Crippen molar-refractivity contribution in [2.24, 2.45) is 0 Å². The first-order valence-electron chi connectivity index (χ1n) is 7.48. The molecule has 1 fully saturated rings. The van der Waals surface area contributed by atoms with E-state index in [-0.39, 0.29) is 23.9 Å². The summed E-state index contributed by atoms with van der Waals surface area (Å²) in [4.78, 5) is 1.74. The van der Waals surface area contributed by atoms with E-state index in [2.05, 4.69) is 5.32 Å². The van der Waals surface area contributed by atoms with Gasteiger partial charge in [-0.05, 0) is 31.5 Å². The van der Waals surface area contributed by atoms with Crippen molar-refractivity contribution in [2.45, 2.75) is 52.5 Å². The Hall–Kier alpha value is -1.20. The molecule has 0 spiro atoms. The van der Waals surface area contributed by atoms with Crippen LogP contribution in [0.5, 0.6) is 0 Å². The molecule has 1 heterocycles. The molecule has 0 saturated carbocycles. The lowest BCUT2D eigenvalue weighted by molar-refractivity contribution is -0.00558. The highest BCUT2D eigenvalue weighted by Crippen LogP contribution is 2.28. The standard InChI is InChI=1S/C16H24F2N2O/c1-10(2)19-7-13-5-14(17)16(15(18)6-13)20-8-11(3)21-12(4)9-20/h5-6,10-12,19H,7-9H2,1-4H3. The molecule has 21 heavy (non-hydrogen) atoms. The number of hydrogen-bond acceptors (Lipinski definition) is 3. The Bertz CT molecular complexity index is 460. The molecule has 1 aliphatic rings. The molecule has 118 valence electrons. The van der Waals surface area contributed by atoms with Crippen LogP contribution in [0.1, 0.15) is 33.3 Å². The fourth-order valence-corrected chi connectivity index (χ4v) is 2.70. The van der Waals surface area contributed by atoms with Crippen LogP contribution in [-0.4, -0.2) is 31.3 Å². The molecule has 2 unspecified atom stereocenters. The summed E-state index contributed by atoms with van der Waals surface area (Å²) in [6.45, 7) is 9.29. The number of ether oxygens (including phenoxy) is 1. The van der Waals surface area contributed by atoms with Gasteiger partial charge in [0.25, 0.3) is 0 Å². The smallest absolute Gasteiger partial charge is 0.149 e. The van der Waals surface area contributed by atoms with Gasteiger partial charge in [0.2, 0.25) is 0 Å². The maximum atomic E-state index is 14.3. The maximum Gasteiger partial charge on any atom is 0.149 e. The third-order valence-corrected chi connectivity index (χ3v) is 3.53. The van der Waals surface area contributed by atoms with E-state index in [4.69, 9.17) is 4.74 Å². The average Bonchev–Trinajstić information content (AvgIpc) is 2.34. The topological polar surface area (TPSA) is 24.5 Å². The number of nitrogens with one attached hydrogen (secondary N) is 1. The monoisotopic (exact) mass is 298 g/mol. The summed E-state index contributed by atoms with van der Waals surface area (Å²) in [7, 11) is 0. The molecule has 3 nitrogen and oxygen atoms in total. The van der Waals surface area contributed by atoms with Crippen LogP contribution < -0.4 is 10.2 Å². The van der Waals surface area contributed by atoms with Crippen LogP contribution >= 0.6 is 0 Å². The summed E-state index contributed by atoms with van der Waals surface area (Å²) in [5.74, 6) is -1.01. The molecular weight excluding hydrogens is 274 g/mol. The normalized spacial score (nSPS) is 22.9. The van der Waals surface area contributed by atoms with Crippen LogP contribution in [0, 0.1) is 11.6 Å². The van der Waals surface area contributed by atoms with Crippen LogP contribution in [0.3, 0.4) is 0 Å². The fourth-order valence-electron chi connectivity index (χ4n) is 2.70. The van der Waals surface area contributed by atoms with Crippen molar-refractivity contribution in [2.75, 3.05) is 18.0 Å². The molecule has 1 aromatic carbocycles. The van der Waals surface area contributed by atoms with Crippen LogP contribution in [0.15, 0.2) is 12.1 Å². The number of hydrogen-bond donors (Lipinski definition) is 1. The second kappa shape index (κ2) is 6.71. The van der Waals surface area contributed by atoms with Crippen molar-refractivity contribution in [3.63, 3.8) is 0 Å². The first kappa shape index (κ1) is 16.2. The number of halogens is 2. The fraction of sp³-hybridized carbons (Fsp3) is 0.625. The van der Waals surface area contributed by atoms with Crippen molar-refractivity contribution in [1.29, 1.82) is 0 Å². The summed E-state index contributed by atoms with van der Waals surface area (Å²) in [6.07, 6.45) is -0.0651. The predicted octanol–water partition coefficient (Wildman–Crippen LogP) is 3.08. The third-order valence-electron chi connectivity index (χ3n) is 3.53. The van der Waals surface area contributed by atoms with Gasteiger partial charge in [-0.1, -0.05) is 13.8 Å². The van der Waals surface area contributed by atoms with E-state index in [0.717, 1.165) is 0 Å². The lowest BCUT2D eigenvalue weighted by atomic mass is 10.1. The van der Waals surface area contributed by atoms with Gasteiger partial charge in [0, 0.05) is 25.7 Å². The summed E-state index contributed by atoms with van der Waals surface area (Å²) >= 11 is 0. The van der Waals surface area contributed by atoms with E-state index in [9.17, 15) is 8.78 Å². The summed E-state index contributed by atoms with van der Waals surface area (Å²) in [6, 6.07) is 3.11. The molecule has 0 bridgehead atoms. The van der Waals surface area contributed by atoms with Crippen molar-refractivity contribution in [1.82, 2.24) is 5.32 Å². The SMILES string of the molecule is CC(C)NCc1cc(F)c(N2CC(C)OC(C)C2)c(F)c1. The highest BCUT2D eigenvalue weighted by molar-refractivity contribution is 5.51. The van der Waals surface area contributed by atoms with Gasteiger partial charge in [0.15, 0.2) is 0 Å². The molecule has 0 aromatic heterocycles. The maximum absolute atomic E-state index is 14.3. The zero-order valence-electron chi connectivity index (χ0n) is 13.1. The van der Waals surface area contributed by atoms with E-state index in [1.54, 1.807) is 4.90 Å². The zero-order valence-corrected chi connectivity index (χ0v) is 13.1. The number of anilines is 1. The van der Waals surface area contributed by atoms with Crippen LogP contribution in [0.4, 0.5) is 14.5 Å². The van der Waals surface area contributed by atoms with E-state index in [1.807, 2.05) is 27.7 Å². The van der Waals surface area contributed by atoms with Gasteiger partial charge in [0.1, 0.15) is 17.3 Å². The first-order chi connectivity index (χ1) is 9.86. The van der Waals surface area contributed by atoms with Gasteiger partial charge >= 0.3 is 0 Å². The molecule has 1 aromatic rings. The third kappa shape index (κ3) is 4.14. The highest BCUT2D eigenvalue weighted by Gasteiger charge is 2.26. The van der Waals surface area contributed by atoms with Crippen molar-refractivity contribution in [3.8, 4) is 0 Å². The Morgan fingerprint density at radius 2 is 1.71 bits per heavy atom. The first-order valence-corrected chi connectivity index (χ1v) is 7.48. The van der Waals surface area contributed by atoms with E-state index < -0.39 is 11.6 Å². The predicted molar refractivity (Wildman–Crippen MR) is 80.6 cm³/mol. The average molecular weight is 298 g/mol. The minimum absolute atomic E-state index is 0.0326. The molecule has 2 rings (SSSR count). The second-order valence-corrected chi connectivity index (χ2v) is 6.11. The molecule has 0 amide bonds. The molecular formula is C16H24F2N2O. The van der Waals surface area contributed by atoms with Gasteiger partial charge in [0.05, 0.1) is 12.2 Å². The zero-order chi connectivity index (χ0) is 15.6. The summed E-state index contributed by atoms with van der Waals surface area (Å²) in [5, 5.41) is 3.16. The van der Waals surface area contributed by atoms with E-state index >= 15 is 0 Å². The molecule has 0 radical (unpaired) electrons. The molecule has 1 N–H and O–H groups in total. The Morgan fingerprint density at radius 3 is 2.19 bits per heavy atom. The van der Waals surface area contributed by atoms with E-state index in [0.29, 0.717) is 25.2 Å². The minimum Gasteiger partial charge on any atom is -0.372 e. The minimum atomic E-state index is -0.503. The Labute approximate surface area is 125 Å². The lowest BCUT2D eigenvalue weighted by Gasteiger charge is -2.37. The lowest BCUT2D eigenvalue weighted by Crippen LogP contribution is -2.46. The Morgan fingerprint density at radius 1 is 1.19 bits per heavy atom. The van der Waals surface area contributed by atoms with Gasteiger partial charge in [-0.25, -0.2) is 8.78 Å². The quantitative estimate of drug-likeness (QED) is 0.924. The number of morpholine rings is 1. The van der Waals surface area contributed by atoms with Crippen molar-refractivity contribution < 1.29 is 13.5 Å². The van der Waals surface area contributed by atoms with Gasteiger partial charge < -0.3 is 15.0 Å². The summed E-state index contributed by atoms with van der Waals surface area (Å²) < 4.78 is 34.3. The van der Waals surface area contributed by atoms with Gasteiger partial charge in [-0.2, -0.15) is 0 Å². The summed E-state index contributed by atoms with van der Waals surface area (Å²) in [5.41, 5.74) is 0.683. The Kier molecular flexibility index (Phi) is 5.17. The molecule has 0 aliphatic carbocycles. The molecule has 5 heteroatoms. The number of nitrogens with zero attached hydrogens (tertiary/aromatic N) is 1. The highest BCUT2D eigenvalue weighted by atomic mass is 19.1. The van der Waals surface area contributed by atoms with Crippen LogP contribution in [0.25, 0.3) is 0 Å². The van der Waals surface area contributed by atoms with Gasteiger partial charge in [-0.3, -0.25) is 0 Å².